The second kappa shape index (κ2) is 9.48. The fourth-order valence-electron chi connectivity index (χ4n) is 2.11. The van der Waals surface area contributed by atoms with E-state index in [9.17, 15) is 4.79 Å². The molecule has 0 heterocycles. The summed E-state index contributed by atoms with van der Waals surface area (Å²) in [5.74, 6) is -0.0373. The van der Waals surface area contributed by atoms with Crippen LogP contribution in [0.5, 0.6) is 11.5 Å². The number of halogens is 1. The van der Waals surface area contributed by atoms with E-state index in [1.54, 1.807) is 36.6 Å². The molecular weight excluding hydrogens is 356 g/mol. The second-order valence-electron chi connectivity index (χ2n) is 5.12. The zero-order valence-electron chi connectivity index (χ0n) is 14.2. The first-order valence-electron chi connectivity index (χ1n) is 7.87. The molecule has 0 aliphatic rings. The number of benzene rings is 2. The first-order valence-corrected chi connectivity index (χ1v) is 8.25. The summed E-state index contributed by atoms with van der Waals surface area (Å²) in [5.41, 5.74) is 4.22. The summed E-state index contributed by atoms with van der Waals surface area (Å²) in [4.78, 5) is 11.0. The molecule has 2 aromatic rings. The Morgan fingerprint density at radius 3 is 2.85 bits per heavy atom. The van der Waals surface area contributed by atoms with Crippen LogP contribution in [0.3, 0.4) is 0 Å². The van der Waals surface area contributed by atoms with Crippen molar-refractivity contribution in [2.24, 2.45) is 5.10 Å². The maximum Gasteiger partial charge on any atom is 0.335 e. The number of anilines is 1. The normalized spacial score (nSPS) is 10.5. The highest BCUT2D eigenvalue weighted by atomic mass is 35.5. The molecular formula is C19H19ClN2O4. The molecule has 0 aliphatic carbocycles. The lowest BCUT2D eigenvalue weighted by Crippen LogP contribution is -2.01. The fourth-order valence-corrected chi connectivity index (χ4v) is 2.38. The Labute approximate surface area is 156 Å². The first-order chi connectivity index (χ1) is 12.5. The number of hydrogen-bond acceptors (Lipinski definition) is 5. The lowest BCUT2D eigenvalue weighted by Gasteiger charge is -2.13. The van der Waals surface area contributed by atoms with Crippen LogP contribution in [0.2, 0.25) is 5.02 Å². The summed E-state index contributed by atoms with van der Waals surface area (Å²) in [6.45, 7) is 6.25. The van der Waals surface area contributed by atoms with Gasteiger partial charge in [-0.3, -0.25) is 5.43 Å². The summed E-state index contributed by atoms with van der Waals surface area (Å²) in [6, 6.07) is 9.80. The molecule has 0 spiro atoms. The largest absolute Gasteiger partial charge is 0.490 e. The van der Waals surface area contributed by atoms with Crippen LogP contribution in [0.1, 0.15) is 22.8 Å². The molecule has 0 unspecified atom stereocenters. The van der Waals surface area contributed by atoms with Crippen molar-refractivity contribution < 1.29 is 19.4 Å². The Morgan fingerprint density at radius 1 is 1.35 bits per heavy atom. The number of rotatable bonds is 9. The Hall–Kier alpha value is -2.99. The van der Waals surface area contributed by atoms with Crippen molar-refractivity contribution in [2.45, 2.75) is 6.92 Å². The van der Waals surface area contributed by atoms with Gasteiger partial charge in [-0.25, -0.2) is 4.79 Å². The van der Waals surface area contributed by atoms with Gasteiger partial charge in [0.2, 0.25) is 0 Å². The number of carboxylic acids is 1. The number of aromatic carboxylic acids is 1. The van der Waals surface area contributed by atoms with Gasteiger partial charge in [0.25, 0.3) is 0 Å². The van der Waals surface area contributed by atoms with Gasteiger partial charge in [0.1, 0.15) is 6.61 Å². The highest BCUT2D eigenvalue weighted by molar-refractivity contribution is 6.32. The van der Waals surface area contributed by atoms with Gasteiger partial charge in [-0.05, 0) is 42.8 Å². The van der Waals surface area contributed by atoms with Crippen LogP contribution in [-0.4, -0.2) is 30.5 Å². The maximum absolute atomic E-state index is 11.0. The van der Waals surface area contributed by atoms with E-state index in [1.807, 2.05) is 6.92 Å². The Morgan fingerprint density at radius 2 is 2.15 bits per heavy atom. The number of nitrogens with zero attached hydrogens (tertiary/aromatic N) is 1. The van der Waals surface area contributed by atoms with Gasteiger partial charge in [-0.15, -0.1) is 0 Å². The van der Waals surface area contributed by atoms with Crippen molar-refractivity contribution in [1.29, 1.82) is 0 Å². The summed E-state index contributed by atoms with van der Waals surface area (Å²) in [5, 5.41) is 13.5. The minimum absolute atomic E-state index is 0.176. The summed E-state index contributed by atoms with van der Waals surface area (Å²) in [6.07, 6.45) is 3.18. The molecule has 2 N–H and O–H groups in total. The van der Waals surface area contributed by atoms with Crippen molar-refractivity contribution in [2.75, 3.05) is 18.6 Å². The predicted octanol–water partition coefficient (Wildman–Crippen LogP) is 4.45. The maximum atomic E-state index is 11.0. The Bertz CT molecular complexity index is 821. The summed E-state index contributed by atoms with van der Waals surface area (Å²) >= 11 is 6.27. The molecule has 0 radical (unpaired) electrons. The first kappa shape index (κ1) is 19.3. The van der Waals surface area contributed by atoms with Gasteiger partial charge < -0.3 is 14.6 Å². The lowest BCUT2D eigenvalue weighted by atomic mass is 10.2. The van der Waals surface area contributed by atoms with Crippen LogP contribution in [0, 0.1) is 0 Å². The summed E-state index contributed by atoms with van der Waals surface area (Å²) in [7, 11) is 0. The number of carboxylic acid groups (broad SMARTS) is 1. The van der Waals surface area contributed by atoms with Gasteiger partial charge >= 0.3 is 5.97 Å². The van der Waals surface area contributed by atoms with E-state index in [0.717, 1.165) is 0 Å². The molecule has 0 aliphatic heterocycles. The van der Waals surface area contributed by atoms with Crippen LogP contribution < -0.4 is 14.9 Å². The van der Waals surface area contributed by atoms with Crippen molar-refractivity contribution in [3.63, 3.8) is 0 Å². The van der Waals surface area contributed by atoms with Gasteiger partial charge in [0.05, 0.1) is 29.1 Å². The van der Waals surface area contributed by atoms with Crippen LogP contribution in [0.25, 0.3) is 0 Å². The Balaban J connectivity index is 2.17. The minimum Gasteiger partial charge on any atom is -0.490 e. The van der Waals surface area contributed by atoms with E-state index in [0.29, 0.717) is 41.0 Å². The third-order valence-electron chi connectivity index (χ3n) is 3.19. The lowest BCUT2D eigenvalue weighted by molar-refractivity contribution is 0.0697. The number of ether oxygens (including phenoxy) is 2. The number of nitrogens with one attached hydrogen (secondary N) is 1. The van der Waals surface area contributed by atoms with Gasteiger partial charge in [0, 0.05) is 0 Å². The molecule has 0 aromatic heterocycles. The third-order valence-corrected chi connectivity index (χ3v) is 3.47. The molecule has 2 rings (SSSR count). The highest BCUT2D eigenvalue weighted by Crippen LogP contribution is 2.36. The number of carbonyl (C=O) groups is 1. The van der Waals surface area contributed by atoms with Gasteiger partial charge in [-0.1, -0.05) is 30.3 Å². The molecule has 136 valence electrons. The average molecular weight is 375 g/mol. The number of hydrazone groups is 1. The molecule has 0 saturated heterocycles. The van der Waals surface area contributed by atoms with E-state index in [-0.39, 0.29) is 5.56 Å². The topological polar surface area (TPSA) is 80.2 Å². The van der Waals surface area contributed by atoms with Crippen LogP contribution >= 0.6 is 11.6 Å². The van der Waals surface area contributed by atoms with Crippen LogP contribution in [-0.2, 0) is 0 Å². The average Bonchev–Trinajstić information content (AvgIpc) is 2.61. The third kappa shape index (κ3) is 5.26. The zero-order valence-corrected chi connectivity index (χ0v) is 15.0. The number of hydrogen-bond donors (Lipinski definition) is 2. The van der Waals surface area contributed by atoms with Gasteiger partial charge in [0.15, 0.2) is 11.5 Å². The van der Waals surface area contributed by atoms with Crippen molar-refractivity contribution in [1.82, 2.24) is 0 Å². The van der Waals surface area contributed by atoms with E-state index >= 15 is 0 Å². The molecule has 0 fully saturated rings. The zero-order chi connectivity index (χ0) is 18.9. The van der Waals surface area contributed by atoms with E-state index in [2.05, 4.69) is 17.1 Å². The molecule has 6 nitrogen and oxygen atoms in total. The predicted molar refractivity (Wildman–Crippen MR) is 103 cm³/mol. The van der Waals surface area contributed by atoms with Crippen molar-refractivity contribution in [3.8, 4) is 11.5 Å². The standard InChI is InChI=1S/C19H19ClN2O4/c1-3-8-26-18-16(20)9-13(10-17(18)25-4-2)12-21-22-15-7-5-6-14(11-15)19(23)24/h3,5-7,9-12,22H,1,4,8H2,2H3,(H,23,24)/b21-12-. The molecule has 0 atom stereocenters. The SMILES string of the molecule is C=CCOc1c(Cl)cc(/C=N\Nc2cccc(C(=O)O)c2)cc1OCC. The van der Waals surface area contributed by atoms with Crippen LogP contribution in [0.15, 0.2) is 54.2 Å². The molecule has 2 aromatic carbocycles. The molecule has 0 amide bonds. The van der Waals surface area contributed by atoms with Gasteiger partial charge in [-0.2, -0.15) is 5.10 Å². The minimum atomic E-state index is -0.999. The fraction of sp³-hybridized carbons (Fsp3) is 0.158. The van der Waals surface area contributed by atoms with E-state index < -0.39 is 5.97 Å². The molecule has 0 saturated carbocycles. The molecule has 0 bridgehead atoms. The Kier molecular flexibility index (Phi) is 7.05. The molecule has 7 heteroatoms. The molecule has 26 heavy (non-hydrogen) atoms. The van der Waals surface area contributed by atoms with Crippen molar-refractivity contribution in [3.05, 3.63) is 65.2 Å². The van der Waals surface area contributed by atoms with E-state index in [4.69, 9.17) is 26.2 Å². The van der Waals surface area contributed by atoms with Crippen molar-refractivity contribution >= 4 is 29.5 Å². The van der Waals surface area contributed by atoms with Crippen LogP contribution in [0.4, 0.5) is 5.69 Å². The van der Waals surface area contributed by atoms with E-state index in [1.165, 1.54) is 12.1 Å². The summed E-state index contributed by atoms with van der Waals surface area (Å²) < 4.78 is 11.1. The second-order valence-corrected chi connectivity index (χ2v) is 5.53. The smallest absolute Gasteiger partial charge is 0.335 e. The highest BCUT2D eigenvalue weighted by Gasteiger charge is 2.11. The quantitative estimate of drug-likeness (QED) is 0.385. The monoisotopic (exact) mass is 374 g/mol.